The second-order valence-electron chi connectivity index (χ2n) is 5.74. The molecule has 2 aromatic rings. The Hall–Kier alpha value is -1.95. The molecule has 0 aliphatic heterocycles. The van der Waals surface area contributed by atoms with Crippen LogP contribution in [0.25, 0.3) is 0 Å². The summed E-state index contributed by atoms with van der Waals surface area (Å²) in [5, 5.41) is 6.82. The average Bonchev–Trinajstić information content (AvgIpc) is 3.02. The molecule has 0 aliphatic carbocycles. The Labute approximate surface area is 141 Å². The van der Waals surface area contributed by atoms with Gasteiger partial charge in [-0.3, -0.25) is 0 Å². The molecule has 0 unspecified atom stereocenters. The van der Waals surface area contributed by atoms with Crippen LogP contribution in [0.4, 0.5) is 4.79 Å². The standard InChI is InChI=1S/C17H23N3O2S/c1-12(2)16-9-14(19-22-16)10-18-17(21)20(3)11-13-6-5-7-15(8-13)23-4/h5-9,12H,10-11H2,1-4H3,(H,18,21). The first-order chi connectivity index (χ1) is 11.0. The summed E-state index contributed by atoms with van der Waals surface area (Å²) in [7, 11) is 1.78. The van der Waals surface area contributed by atoms with Crippen LogP contribution in [0.1, 0.15) is 36.8 Å². The van der Waals surface area contributed by atoms with E-state index in [9.17, 15) is 4.79 Å². The Kier molecular flexibility index (Phi) is 6.10. The smallest absolute Gasteiger partial charge is 0.317 e. The van der Waals surface area contributed by atoms with Crippen LogP contribution in [-0.2, 0) is 13.1 Å². The van der Waals surface area contributed by atoms with Gasteiger partial charge in [0.05, 0.1) is 6.54 Å². The van der Waals surface area contributed by atoms with E-state index in [1.165, 1.54) is 4.90 Å². The highest BCUT2D eigenvalue weighted by Gasteiger charge is 2.12. The Morgan fingerprint density at radius 2 is 2.17 bits per heavy atom. The molecule has 2 amide bonds. The van der Waals surface area contributed by atoms with Crippen molar-refractivity contribution in [2.24, 2.45) is 0 Å². The van der Waals surface area contributed by atoms with Crippen LogP contribution in [-0.4, -0.2) is 29.4 Å². The topological polar surface area (TPSA) is 58.4 Å². The number of benzene rings is 1. The third kappa shape index (κ3) is 5.03. The molecule has 0 atom stereocenters. The highest BCUT2D eigenvalue weighted by Crippen LogP contribution is 2.17. The zero-order valence-electron chi connectivity index (χ0n) is 14.0. The van der Waals surface area contributed by atoms with Crippen molar-refractivity contribution >= 4 is 17.8 Å². The molecule has 0 aliphatic rings. The van der Waals surface area contributed by atoms with Crippen LogP contribution in [0.15, 0.2) is 39.8 Å². The molecule has 6 heteroatoms. The summed E-state index contributed by atoms with van der Waals surface area (Å²) in [6.07, 6.45) is 2.04. The van der Waals surface area contributed by atoms with Gasteiger partial charge in [0.1, 0.15) is 11.5 Å². The number of carbonyl (C=O) groups excluding carboxylic acids is 1. The van der Waals surface area contributed by atoms with E-state index in [1.54, 1.807) is 23.7 Å². The molecule has 0 saturated carbocycles. The number of nitrogens with one attached hydrogen (secondary N) is 1. The van der Waals surface area contributed by atoms with Gasteiger partial charge in [0.15, 0.2) is 0 Å². The Morgan fingerprint density at radius 3 is 2.83 bits per heavy atom. The van der Waals surface area contributed by atoms with Crippen LogP contribution in [0.2, 0.25) is 0 Å². The van der Waals surface area contributed by atoms with Gasteiger partial charge in [0.25, 0.3) is 0 Å². The van der Waals surface area contributed by atoms with Gasteiger partial charge in [0, 0.05) is 30.5 Å². The molecule has 23 heavy (non-hydrogen) atoms. The lowest BCUT2D eigenvalue weighted by Crippen LogP contribution is -2.36. The average molecular weight is 333 g/mol. The highest BCUT2D eigenvalue weighted by molar-refractivity contribution is 7.98. The van der Waals surface area contributed by atoms with Gasteiger partial charge in [-0.1, -0.05) is 31.1 Å². The summed E-state index contributed by atoms with van der Waals surface area (Å²) in [5.74, 6) is 1.12. The van der Waals surface area contributed by atoms with Gasteiger partial charge in [-0.15, -0.1) is 11.8 Å². The van der Waals surface area contributed by atoms with Crippen LogP contribution in [0, 0.1) is 0 Å². The summed E-state index contributed by atoms with van der Waals surface area (Å²) >= 11 is 1.69. The first-order valence-electron chi connectivity index (χ1n) is 7.57. The zero-order chi connectivity index (χ0) is 16.8. The molecule has 0 radical (unpaired) electrons. The zero-order valence-corrected chi connectivity index (χ0v) is 14.8. The van der Waals surface area contributed by atoms with E-state index in [4.69, 9.17) is 4.52 Å². The van der Waals surface area contributed by atoms with E-state index in [2.05, 4.69) is 22.6 Å². The quantitative estimate of drug-likeness (QED) is 0.816. The third-order valence-corrected chi connectivity index (χ3v) is 4.19. The van der Waals surface area contributed by atoms with E-state index in [0.717, 1.165) is 17.0 Å². The predicted molar refractivity (Wildman–Crippen MR) is 92.5 cm³/mol. The monoisotopic (exact) mass is 333 g/mol. The van der Waals surface area contributed by atoms with Crippen molar-refractivity contribution in [2.75, 3.05) is 13.3 Å². The van der Waals surface area contributed by atoms with E-state index in [1.807, 2.05) is 38.3 Å². The van der Waals surface area contributed by atoms with Crippen molar-refractivity contribution in [2.45, 2.75) is 37.8 Å². The molecule has 2 rings (SSSR count). The molecule has 0 saturated heterocycles. The predicted octanol–water partition coefficient (Wildman–Crippen LogP) is 3.86. The fourth-order valence-corrected chi connectivity index (χ4v) is 2.59. The largest absolute Gasteiger partial charge is 0.361 e. The Morgan fingerprint density at radius 1 is 1.39 bits per heavy atom. The molecule has 0 fully saturated rings. The van der Waals surface area contributed by atoms with Crippen LogP contribution >= 0.6 is 11.8 Å². The van der Waals surface area contributed by atoms with E-state index in [-0.39, 0.29) is 6.03 Å². The Bertz CT molecular complexity index is 655. The maximum absolute atomic E-state index is 12.2. The van der Waals surface area contributed by atoms with Crippen LogP contribution in [0.5, 0.6) is 0 Å². The number of rotatable bonds is 6. The SMILES string of the molecule is CSc1cccc(CN(C)C(=O)NCc2cc(C(C)C)on2)c1. The minimum absolute atomic E-state index is 0.131. The van der Waals surface area contributed by atoms with Crippen molar-refractivity contribution in [3.63, 3.8) is 0 Å². The lowest BCUT2D eigenvalue weighted by atomic mass is 10.1. The Balaban J connectivity index is 1.86. The number of carbonyl (C=O) groups is 1. The van der Waals surface area contributed by atoms with E-state index < -0.39 is 0 Å². The van der Waals surface area contributed by atoms with Crippen LogP contribution < -0.4 is 5.32 Å². The van der Waals surface area contributed by atoms with E-state index >= 15 is 0 Å². The molecule has 0 spiro atoms. The molecule has 1 aromatic carbocycles. The van der Waals surface area contributed by atoms with Crippen LogP contribution in [0.3, 0.4) is 0 Å². The summed E-state index contributed by atoms with van der Waals surface area (Å²) in [6, 6.07) is 9.94. The lowest BCUT2D eigenvalue weighted by Gasteiger charge is -2.18. The molecule has 1 heterocycles. The maximum Gasteiger partial charge on any atom is 0.317 e. The highest BCUT2D eigenvalue weighted by atomic mass is 32.2. The van der Waals surface area contributed by atoms with Gasteiger partial charge in [0.2, 0.25) is 0 Å². The first kappa shape index (κ1) is 17.4. The number of urea groups is 1. The van der Waals surface area contributed by atoms with Gasteiger partial charge in [-0.05, 0) is 24.0 Å². The van der Waals surface area contributed by atoms with Crippen molar-refractivity contribution in [3.8, 4) is 0 Å². The van der Waals surface area contributed by atoms with Crippen molar-refractivity contribution in [3.05, 3.63) is 47.3 Å². The molecule has 0 bridgehead atoms. The number of nitrogens with zero attached hydrogens (tertiary/aromatic N) is 2. The fourth-order valence-electron chi connectivity index (χ4n) is 2.10. The van der Waals surface area contributed by atoms with Gasteiger partial charge in [-0.2, -0.15) is 0 Å². The summed E-state index contributed by atoms with van der Waals surface area (Å²) < 4.78 is 5.22. The number of aromatic nitrogens is 1. The normalized spacial score (nSPS) is 10.8. The van der Waals surface area contributed by atoms with Crippen molar-refractivity contribution in [1.29, 1.82) is 0 Å². The lowest BCUT2D eigenvalue weighted by molar-refractivity contribution is 0.206. The van der Waals surface area contributed by atoms with Gasteiger partial charge >= 0.3 is 6.03 Å². The molecule has 124 valence electrons. The number of thioether (sulfide) groups is 1. The van der Waals surface area contributed by atoms with Gasteiger partial charge < -0.3 is 14.7 Å². The number of hydrogen-bond acceptors (Lipinski definition) is 4. The molecule has 1 aromatic heterocycles. The second kappa shape index (κ2) is 8.06. The second-order valence-corrected chi connectivity index (χ2v) is 6.62. The summed E-state index contributed by atoms with van der Waals surface area (Å²) in [5.41, 5.74) is 1.85. The minimum atomic E-state index is -0.131. The molecular formula is C17H23N3O2S. The molecule has 1 N–H and O–H groups in total. The molecular weight excluding hydrogens is 310 g/mol. The fraction of sp³-hybridized carbons (Fsp3) is 0.412. The molecule has 5 nitrogen and oxygen atoms in total. The first-order valence-corrected chi connectivity index (χ1v) is 8.79. The number of amides is 2. The third-order valence-electron chi connectivity index (χ3n) is 3.47. The number of hydrogen-bond donors (Lipinski definition) is 1. The van der Waals surface area contributed by atoms with Crippen molar-refractivity contribution < 1.29 is 9.32 Å². The summed E-state index contributed by atoms with van der Waals surface area (Å²) in [4.78, 5) is 15.0. The van der Waals surface area contributed by atoms with E-state index in [0.29, 0.717) is 19.0 Å². The minimum Gasteiger partial charge on any atom is -0.361 e. The maximum atomic E-state index is 12.2. The van der Waals surface area contributed by atoms with Gasteiger partial charge in [-0.25, -0.2) is 4.79 Å². The summed E-state index contributed by atoms with van der Waals surface area (Å²) in [6.45, 7) is 5.01. The van der Waals surface area contributed by atoms with Crippen molar-refractivity contribution in [1.82, 2.24) is 15.4 Å².